The number of amides is 1. The first-order valence-electron chi connectivity index (χ1n) is 8.41. The lowest BCUT2D eigenvalue weighted by molar-refractivity contribution is 0.0634. The van der Waals surface area contributed by atoms with Crippen LogP contribution in [0.3, 0.4) is 0 Å². The summed E-state index contributed by atoms with van der Waals surface area (Å²) in [5.41, 5.74) is 3.55. The minimum atomic E-state index is -0.712. The van der Waals surface area contributed by atoms with E-state index in [1.54, 1.807) is 12.0 Å². The highest BCUT2D eigenvalue weighted by Crippen LogP contribution is 2.40. The standard InChI is InChI=1S/C20H19ClN2O2S/c1-20(26)15-7-6-13(21)10-12(15)8-9-23(20)19(24)17-11-14-16(22-17)4-3-5-18(14)25-2/h3-7,10-11,22,26H,8-9H2,1-2H3. The van der Waals surface area contributed by atoms with Crippen LogP contribution in [0, 0.1) is 0 Å². The fraction of sp³-hybridized carbons (Fsp3) is 0.250. The highest BCUT2D eigenvalue weighted by molar-refractivity contribution is 7.81. The van der Waals surface area contributed by atoms with Gasteiger partial charge in [0.25, 0.3) is 5.91 Å². The fourth-order valence-electron chi connectivity index (χ4n) is 3.69. The molecule has 1 N–H and O–H groups in total. The smallest absolute Gasteiger partial charge is 0.271 e. The Kier molecular flexibility index (Phi) is 4.16. The molecule has 1 unspecified atom stereocenters. The molecule has 6 heteroatoms. The zero-order chi connectivity index (χ0) is 18.5. The van der Waals surface area contributed by atoms with E-state index < -0.39 is 4.87 Å². The number of rotatable bonds is 2. The van der Waals surface area contributed by atoms with E-state index in [9.17, 15) is 4.79 Å². The van der Waals surface area contributed by atoms with Crippen molar-refractivity contribution >= 4 is 41.0 Å². The molecular formula is C20H19ClN2O2S. The van der Waals surface area contributed by atoms with Gasteiger partial charge in [0.15, 0.2) is 0 Å². The molecule has 0 fully saturated rings. The highest BCUT2D eigenvalue weighted by Gasteiger charge is 2.39. The molecule has 0 aliphatic carbocycles. The van der Waals surface area contributed by atoms with Crippen molar-refractivity contribution in [2.24, 2.45) is 0 Å². The molecule has 2 heterocycles. The van der Waals surface area contributed by atoms with Crippen LogP contribution in [0.2, 0.25) is 5.02 Å². The second-order valence-electron chi connectivity index (χ2n) is 6.63. The van der Waals surface area contributed by atoms with Gasteiger partial charge in [-0.05, 0) is 54.8 Å². The summed E-state index contributed by atoms with van der Waals surface area (Å²) in [6.07, 6.45) is 0.751. The molecule has 1 amide bonds. The normalized spacial score (nSPS) is 19.5. The summed E-state index contributed by atoms with van der Waals surface area (Å²) >= 11 is 11.0. The van der Waals surface area contributed by atoms with Gasteiger partial charge in [0, 0.05) is 22.5 Å². The average molecular weight is 387 g/mol. The number of aromatic amines is 1. The van der Waals surface area contributed by atoms with E-state index in [-0.39, 0.29) is 5.91 Å². The number of hydrogen-bond donors (Lipinski definition) is 2. The van der Waals surface area contributed by atoms with E-state index in [2.05, 4.69) is 4.98 Å². The summed E-state index contributed by atoms with van der Waals surface area (Å²) in [4.78, 5) is 17.5. The number of halogens is 1. The minimum Gasteiger partial charge on any atom is -0.496 e. The van der Waals surface area contributed by atoms with Gasteiger partial charge < -0.3 is 14.6 Å². The van der Waals surface area contributed by atoms with Crippen molar-refractivity contribution in [3.05, 3.63) is 64.3 Å². The maximum atomic E-state index is 13.2. The van der Waals surface area contributed by atoms with Crippen molar-refractivity contribution < 1.29 is 9.53 Å². The lowest BCUT2D eigenvalue weighted by Gasteiger charge is -2.42. The number of H-pyrrole nitrogens is 1. The number of fused-ring (bicyclic) bond motifs is 2. The Bertz CT molecular complexity index is 1010. The van der Waals surface area contributed by atoms with Crippen molar-refractivity contribution in [1.82, 2.24) is 9.88 Å². The summed E-state index contributed by atoms with van der Waals surface area (Å²) in [6, 6.07) is 13.3. The number of carbonyl (C=O) groups is 1. The molecule has 1 atom stereocenters. The molecule has 0 saturated carbocycles. The molecule has 3 aromatic rings. The zero-order valence-electron chi connectivity index (χ0n) is 14.5. The van der Waals surface area contributed by atoms with Gasteiger partial charge in [0.1, 0.15) is 16.3 Å². The summed E-state index contributed by atoms with van der Waals surface area (Å²) in [6.45, 7) is 2.53. The Morgan fingerprint density at radius 2 is 2.12 bits per heavy atom. The molecule has 0 saturated heterocycles. The molecule has 2 aromatic carbocycles. The number of benzene rings is 2. The molecule has 4 nitrogen and oxygen atoms in total. The number of carbonyl (C=O) groups excluding carboxylic acids is 1. The topological polar surface area (TPSA) is 45.3 Å². The van der Waals surface area contributed by atoms with Gasteiger partial charge in [-0.1, -0.05) is 23.7 Å². The Hall–Kier alpha value is -2.11. The van der Waals surface area contributed by atoms with Gasteiger partial charge >= 0.3 is 0 Å². The van der Waals surface area contributed by atoms with Crippen LogP contribution in [0.1, 0.15) is 28.5 Å². The van der Waals surface area contributed by atoms with E-state index >= 15 is 0 Å². The van der Waals surface area contributed by atoms with Crippen molar-refractivity contribution in [3.8, 4) is 5.75 Å². The van der Waals surface area contributed by atoms with E-state index in [0.717, 1.165) is 34.2 Å². The quantitative estimate of drug-likeness (QED) is 0.630. The van der Waals surface area contributed by atoms with Crippen LogP contribution >= 0.6 is 24.2 Å². The molecule has 0 radical (unpaired) electrons. The van der Waals surface area contributed by atoms with Crippen LogP contribution in [0.4, 0.5) is 0 Å². The van der Waals surface area contributed by atoms with Crippen LogP contribution in [-0.4, -0.2) is 29.4 Å². The summed E-state index contributed by atoms with van der Waals surface area (Å²) < 4.78 is 5.39. The molecule has 1 aliphatic rings. The lowest BCUT2D eigenvalue weighted by atomic mass is 9.92. The monoisotopic (exact) mass is 386 g/mol. The van der Waals surface area contributed by atoms with Gasteiger partial charge in [-0.15, -0.1) is 12.6 Å². The van der Waals surface area contributed by atoms with Gasteiger partial charge in [-0.3, -0.25) is 4.79 Å². The second kappa shape index (κ2) is 6.25. The predicted octanol–water partition coefficient (Wildman–Crippen LogP) is 4.63. The first-order valence-corrected chi connectivity index (χ1v) is 9.23. The first-order chi connectivity index (χ1) is 12.4. The van der Waals surface area contributed by atoms with E-state index in [0.29, 0.717) is 17.3 Å². The van der Waals surface area contributed by atoms with Gasteiger partial charge in [-0.25, -0.2) is 0 Å². The number of ether oxygens (including phenoxy) is 1. The van der Waals surface area contributed by atoms with Crippen LogP contribution in [0.25, 0.3) is 10.9 Å². The molecule has 1 aromatic heterocycles. The van der Waals surface area contributed by atoms with E-state index in [1.165, 1.54) is 0 Å². The third kappa shape index (κ3) is 2.66. The van der Waals surface area contributed by atoms with E-state index in [1.807, 2.05) is 49.4 Å². The molecule has 26 heavy (non-hydrogen) atoms. The van der Waals surface area contributed by atoms with Gasteiger partial charge in [0.05, 0.1) is 7.11 Å². The summed E-state index contributed by atoms with van der Waals surface area (Å²) in [5, 5.41) is 1.60. The average Bonchev–Trinajstić information content (AvgIpc) is 3.05. The van der Waals surface area contributed by atoms with Crippen molar-refractivity contribution in [2.75, 3.05) is 13.7 Å². The highest BCUT2D eigenvalue weighted by atomic mass is 35.5. The third-order valence-corrected chi connectivity index (χ3v) is 5.74. The third-order valence-electron chi connectivity index (χ3n) is 5.03. The predicted molar refractivity (Wildman–Crippen MR) is 107 cm³/mol. The van der Waals surface area contributed by atoms with Gasteiger partial charge in [0.2, 0.25) is 0 Å². The Balaban J connectivity index is 1.74. The van der Waals surface area contributed by atoms with Crippen molar-refractivity contribution in [2.45, 2.75) is 18.2 Å². The van der Waals surface area contributed by atoms with Gasteiger partial charge in [-0.2, -0.15) is 0 Å². The van der Waals surface area contributed by atoms with Crippen LogP contribution in [-0.2, 0) is 11.3 Å². The SMILES string of the molecule is COc1cccc2[nH]c(C(=O)N3CCc4cc(Cl)ccc4C3(C)S)cc12. The number of aromatic nitrogens is 1. The largest absolute Gasteiger partial charge is 0.496 e. The lowest BCUT2D eigenvalue weighted by Crippen LogP contribution is -2.48. The van der Waals surface area contributed by atoms with Crippen LogP contribution in [0.5, 0.6) is 5.75 Å². The maximum Gasteiger partial charge on any atom is 0.271 e. The Morgan fingerprint density at radius 3 is 2.88 bits per heavy atom. The molecule has 0 bridgehead atoms. The molecule has 0 spiro atoms. The zero-order valence-corrected chi connectivity index (χ0v) is 16.2. The summed E-state index contributed by atoms with van der Waals surface area (Å²) in [5.74, 6) is 0.659. The number of nitrogens with zero attached hydrogens (tertiary/aromatic N) is 1. The van der Waals surface area contributed by atoms with Crippen molar-refractivity contribution in [3.63, 3.8) is 0 Å². The second-order valence-corrected chi connectivity index (χ2v) is 7.94. The fourth-order valence-corrected chi connectivity index (χ4v) is 4.30. The molecule has 1 aliphatic heterocycles. The Morgan fingerprint density at radius 1 is 1.31 bits per heavy atom. The minimum absolute atomic E-state index is 0.0821. The maximum absolute atomic E-state index is 13.2. The number of methoxy groups -OCH3 is 1. The molecular weight excluding hydrogens is 368 g/mol. The van der Waals surface area contributed by atoms with Crippen LogP contribution < -0.4 is 4.74 Å². The number of hydrogen-bond acceptors (Lipinski definition) is 3. The van der Waals surface area contributed by atoms with Crippen LogP contribution in [0.15, 0.2) is 42.5 Å². The number of thiol groups is 1. The number of nitrogens with one attached hydrogen (secondary N) is 1. The first kappa shape index (κ1) is 17.3. The molecule has 134 valence electrons. The molecule has 4 rings (SSSR count). The van der Waals surface area contributed by atoms with Crippen molar-refractivity contribution in [1.29, 1.82) is 0 Å². The van der Waals surface area contributed by atoms with E-state index in [4.69, 9.17) is 29.0 Å². The summed E-state index contributed by atoms with van der Waals surface area (Å²) in [7, 11) is 1.63. The Labute approximate surface area is 162 Å².